The Hall–Kier alpha value is -3.56. The zero-order valence-corrected chi connectivity index (χ0v) is 25.6. The Labute approximate surface area is 253 Å². The number of nitrogens with one attached hydrogen (secondary N) is 1. The van der Waals surface area contributed by atoms with E-state index in [-0.39, 0.29) is 29.1 Å². The molecule has 1 atom stereocenters. The van der Waals surface area contributed by atoms with Crippen molar-refractivity contribution in [3.8, 4) is 5.75 Å². The average molecular weight is 612 g/mol. The maximum atomic E-state index is 14.0. The van der Waals surface area contributed by atoms with Gasteiger partial charge in [0.2, 0.25) is 11.8 Å². The Balaban J connectivity index is 1.63. The Kier molecular flexibility index (Phi) is 10.9. The number of halogens is 1. The van der Waals surface area contributed by atoms with Crippen molar-refractivity contribution in [3.63, 3.8) is 0 Å². The van der Waals surface area contributed by atoms with Gasteiger partial charge in [-0.3, -0.25) is 13.9 Å². The van der Waals surface area contributed by atoms with Gasteiger partial charge in [0.1, 0.15) is 18.3 Å². The van der Waals surface area contributed by atoms with Crippen LogP contribution in [0, 0.1) is 0 Å². The van der Waals surface area contributed by atoms with Crippen LogP contribution in [-0.2, 0) is 26.0 Å². The molecule has 0 aliphatic heterocycles. The van der Waals surface area contributed by atoms with Crippen LogP contribution in [0.5, 0.6) is 5.75 Å². The third-order valence-electron chi connectivity index (χ3n) is 7.64. The maximum Gasteiger partial charge on any atom is 0.264 e. The fourth-order valence-corrected chi connectivity index (χ4v) is 6.69. The van der Waals surface area contributed by atoms with E-state index in [0.29, 0.717) is 17.2 Å². The molecule has 1 saturated carbocycles. The zero-order valence-electron chi connectivity index (χ0n) is 24.0. The van der Waals surface area contributed by atoms with Crippen molar-refractivity contribution < 1.29 is 22.7 Å². The second kappa shape index (κ2) is 14.6. The van der Waals surface area contributed by atoms with Crippen LogP contribution < -0.4 is 14.4 Å². The number of hydrogen-bond acceptors (Lipinski definition) is 5. The standard InChI is InChI=1S/C32H38ClN3O5S/c1-24(32(38)34-27-11-7-4-8-12-27)35(22-21-25-9-5-3-6-10-25)31(37)23-36(28-15-13-26(33)14-16-28)42(39,40)30-19-17-29(41-2)18-20-30/h3,5-6,9-10,13-20,24,27H,4,7-8,11-12,21-23H2,1-2H3,(H,34,38). The molecule has 0 radical (unpaired) electrons. The summed E-state index contributed by atoms with van der Waals surface area (Å²) in [6.07, 6.45) is 5.64. The van der Waals surface area contributed by atoms with E-state index in [1.165, 1.54) is 24.1 Å². The molecular weight excluding hydrogens is 574 g/mol. The van der Waals surface area contributed by atoms with Crippen LogP contribution in [0.1, 0.15) is 44.6 Å². The van der Waals surface area contributed by atoms with Crippen LogP contribution in [0.25, 0.3) is 0 Å². The largest absolute Gasteiger partial charge is 0.497 e. The van der Waals surface area contributed by atoms with Crippen molar-refractivity contribution >= 4 is 39.1 Å². The summed E-state index contributed by atoms with van der Waals surface area (Å²) in [6, 6.07) is 21.2. The van der Waals surface area contributed by atoms with Crippen molar-refractivity contribution in [1.29, 1.82) is 0 Å². The lowest BCUT2D eigenvalue weighted by Gasteiger charge is -2.33. The molecule has 4 rings (SSSR count). The van der Waals surface area contributed by atoms with Gasteiger partial charge in [0, 0.05) is 17.6 Å². The number of anilines is 1. The van der Waals surface area contributed by atoms with E-state index in [1.54, 1.807) is 43.3 Å². The SMILES string of the molecule is COc1ccc(S(=O)(=O)N(CC(=O)N(CCc2ccccc2)C(C)C(=O)NC2CCCCC2)c2ccc(Cl)cc2)cc1. The molecule has 1 fully saturated rings. The maximum absolute atomic E-state index is 14.0. The lowest BCUT2D eigenvalue weighted by Crippen LogP contribution is -2.53. The summed E-state index contributed by atoms with van der Waals surface area (Å²) in [7, 11) is -2.67. The monoisotopic (exact) mass is 611 g/mol. The molecule has 3 aromatic carbocycles. The number of nitrogens with zero attached hydrogens (tertiary/aromatic N) is 2. The Morgan fingerprint density at radius 2 is 1.60 bits per heavy atom. The summed E-state index contributed by atoms with van der Waals surface area (Å²) in [5, 5.41) is 3.55. The molecule has 1 aliphatic carbocycles. The smallest absolute Gasteiger partial charge is 0.264 e. The number of sulfonamides is 1. The van der Waals surface area contributed by atoms with E-state index < -0.39 is 28.5 Å². The molecule has 0 aromatic heterocycles. The first-order valence-electron chi connectivity index (χ1n) is 14.2. The molecule has 1 N–H and O–H groups in total. The highest BCUT2D eigenvalue weighted by Crippen LogP contribution is 2.27. The van der Waals surface area contributed by atoms with E-state index in [9.17, 15) is 18.0 Å². The van der Waals surface area contributed by atoms with Crippen molar-refractivity contribution in [3.05, 3.63) is 89.4 Å². The highest BCUT2D eigenvalue weighted by molar-refractivity contribution is 7.92. The van der Waals surface area contributed by atoms with Crippen LogP contribution in [0.4, 0.5) is 5.69 Å². The van der Waals surface area contributed by atoms with Gasteiger partial charge in [0.05, 0.1) is 17.7 Å². The minimum absolute atomic E-state index is 0.00461. The van der Waals surface area contributed by atoms with E-state index in [0.717, 1.165) is 42.0 Å². The number of benzene rings is 3. The molecule has 0 bridgehead atoms. The van der Waals surface area contributed by atoms with Gasteiger partial charge in [-0.25, -0.2) is 8.42 Å². The van der Waals surface area contributed by atoms with Crippen molar-refractivity contribution in [2.75, 3.05) is 24.5 Å². The first kappa shape index (κ1) is 31.4. The fourth-order valence-electron chi connectivity index (χ4n) is 5.15. The molecule has 2 amide bonds. The van der Waals surface area contributed by atoms with E-state index in [4.69, 9.17) is 16.3 Å². The second-order valence-electron chi connectivity index (χ2n) is 10.5. The van der Waals surface area contributed by atoms with Gasteiger partial charge in [-0.2, -0.15) is 0 Å². The van der Waals surface area contributed by atoms with Crippen molar-refractivity contribution in [2.45, 2.75) is 62.4 Å². The first-order chi connectivity index (χ1) is 20.2. The molecule has 1 aliphatic rings. The summed E-state index contributed by atoms with van der Waals surface area (Å²) in [6.45, 7) is 1.45. The molecule has 224 valence electrons. The predicted molar refractivity (Wildman–Crippen MR) is 165 cm³/mol. The third kappa shape index (κ3) is 8.04. The quantitative estimate of drug-likeness (QED) is 0.294. The fraction of sp³-hybridized carbons (Fsp3) is 0.375. The first-order valence-corrected chi connectivity index (χ1v) is 16.1. The zero-order chi connectivity index (χ0) is 30.1. The number of methoxy groups -OCH3 is 1. The summed E-state index contributed by atoms with van der Waals surface area (Å²) in [5.74, 6) is -0.211. The number of hydrogen-bond donors (Lipinski definition) is 1. The highest BCUT2D eigenvalue weighted by atomic mass is 35.5. The van der Waals surface area contributed by atoms with Gasteiger partial charge in [-0.05, 0) is 80.3 Å². The van der Waals surface area contributed by atoms with Gasteiger partial charge in [-0.15, -0.1) is 0 Å². The van der Waals surface area contributed by atoms with Crippen LogP contribution in [0.2, 0.25) is 5.02 Å². The third-order valence-corrected chi connectivity index (χ3v) is 9.68. The van der Waals surface area contributed by atoms with Crippen LogP contribution in [0.15, 0.2) is 83.8 Å². The number of carbonyl (C=O) groups excluding carboxylic acids is 2. The molecule has 0 heterocycles. The van der Waals surface area contributed by atoms with E-state index in [2.05, 4.69) is 5.32 Å². The summed E-state index contributed by atoms with van der Waals surface area (Å²) >= 11 is 6.09. The summed E-state index contributed by atoms with van der Waals surface area (Å²) < 4.78 is 34.1. The van der Waals surface area contributed by atoms with E-state index in [1.807, 2.05) is 30.3 Å². The van der Waals surface area contributed by atoms with Crippen LogP contribution in [0.3, 0.4) is 0 Å². The molecule has 42 heavy (non-hydrogen) atoms. The Morgan fingerprint density at radius 3 is 2.21 bits per heavy atom. The van der Waals surface area contributed by atoms with Gasteiger partial charge >= 0.3 is 0 Å². The molecule has 0 saturated heterocycles. The molecule has 0 spiro atoms. The van der Waals surface area contributed by atoms with Gasteiger partial charge in [0.25, 0.3) is 10.0 Å². The normalized spacial score (nSPS) is 14.5. The minimum Gasteiger partial charge on any atom is -0.497 e. The molecule has 3 aromatic rings. The number of rotatable bonds is 12. The number of amides is 2. The molecule has 8 nitrogen and oxygen atoms in total. The van der Waals surface area contributed by atoms with Gasteiger partial charge < -0.3 is 15.0 Å². The lowest BCUT2D eigenvalue weighted by molar-refractivity contribution is -0.139. The second-order valence-corrected chi connectivity index (χ2v) is 12.8. The summed E-state index contributed by atoms with van der Waals surface area (Å²) in [4.78, 5) is 28.9. The Bertz CT molecular complexity index is 1430. The number of carbonyl (C=O) groups is 2. The molecule has 10 heteroatoms. The minimum atomic E-state index is -4.17. The predicted octanol–water partition coefficient (Wildman–Crippen LogP) is 5.45. The molecular formula is C32H38ClN3O5S. The van der Waals surface area contributed by atoms with Crippen LogP contribution >= 0.6 is 11.6 Å². The van der Waals surface area contributed by atoms with Crippen LogP contribution in [-0.4, -0.2) is 57.4 Å². The highest BCUT2D eigenvalue weighted by Gasteiger charge is 2.33. The number of ether oxygens (including phenoxy) is 1. The lowest BCUT2D eigenvalue weighted by atomic mass is 9.95. The van der Waals surface area contributed by atoms with Gasteiger partial charge in [0.15, 0.2) is 0 Å². The Morgan fingerprint density at radius 1 is 0.952 bits per heavy atom. The molecule has 1 unspecified atom stereocenters. The van der Waals surface area contributed by atoms with Gasteiger partial charge in [-0.1, -0.05) is 61.2 Å². The topological polar surface area (TPSA) is 96.0 Å². The van der Waals surface area contributed by atoms with Crippen molar-refractivity contribution in [2.24, 2.45) is 0 Å². The summed E-state index contributed by atoms with van der Waals surface area (Å²) in [5.41, 5.74) is 1.29. The van der Waals surface area contributed by atoms with Crippen molar-refractivity contribution in [1.82, 2.24) is 10.2 Å². The average Bonchev–Trinajstić information content (AvgIpc) is 3.01. The van der Waals surface area contributed by atoms with E-state index >= 15 is 0 Å².